The molecule has 0 aromatic heterocycles. The van der Waals surface area contributed by atoms with Gasteiger partial charge in [0.1, 0.15) is 12.4 Å². The molecular weight excluding hydrogens is 669 g/mol. The van der Waals surface area contributed by atoms with E-state index in [1.807, 2.05) is 69.2 Å². The maximum atomic E-state index is 11.6. The van der Waals surface area contributed by atoms with Gasteiger partial charge in [0.2, 0.25) is 0 Å². The Bertz CT molecular complexity index is 770. The van der Waals surface area contributed by atoms with E-state index in [0.717, 1.165) is 3.57 Å². The van der Waals surface area contributed by atoms with Gasteiger partial charge in [-0.15, -0.1) is 0 Å². The highest BCUT2D eigenvalue weighted by Crippen LogP contribution is 2.29. The van der Waals surface area contributed by atoms with Crippen molar-refractivity contribution in [2.75, 3.05) is 12.4 Å². The van der Waals surface area contributed by atoms with E-state index >= 15 is 0 Å². The van der Waals surface area contributed by atoms with Crippen LogP contribution in [0.2, 0.25) is 0 Å². The lowest BCUT2D eigenvalue weighted by molar-refractivity contribution is -0.136. The first-order chi connectivity index (χ1) is 10.6. The molecule has 124 valence electrons. The third kappa shape index (κ3) is 8.47. The van der Waals surface area contributed by atoms with Gasteiger partial charge in [0.05, 0.1) is 7.14 Å². The van der Waals surface area contributed by atoms with Gasteiger partial charge in [-0.05, 0) is 79.9 Å². The average molecular weight is 676 g/mol. The molecule has 11 heteroatoms. The summed E-state index contributed by atoms with van der Waals surface area (Å²) in [5.41, 5.74) is 0. The topological polar surface area (TPSA) is 107 Å². The van der Waals surface area contributed by atoms with Crippen molar-refractivity contribution < 1.29 is 32.0 Å². The van der Waals surface area contributed by atoms with Gasteiger partial charge in [-0.25, -0.2) is 9.59 Å². The van der Waals surface area contributed by atoms with E-state index in [4.69, 9.17) is 9.29 Å². The summed E-state index contributed by atoms with van der Waals surface area (Å²) >= 11 is 6.14. The minimum atomic E-state index is -4.22. The number of benzene rings is 1. The van der Waals surface area contributed by atoms with Crippen molar-refractivity contribution in [2.24, 2.45) is 0 Å². The van der Waals surface area contributed by atoms with Crippen LogP contribution in [0.1, 0.15) is 0 Å². The summed E-state index contributed by atoms with van der Waals surface area (Å²) < 4.78 is 41.2. The molecule has 0 atom stereocenters. The van der Waals surface area contributed by atoms with Crippen molar-refractivity contribution in [3.8, 4) is 17.6 Å². The van der Waals surface area contributed by atoms with Crippen LogP contribution in [-0.4, -0.2) is 37.3 Å². The Morgan fingerprint density at radius 1 is 1.09 bits per heavy atom. The molecule has 0 unspecified atom stereocenters. The molecule has 0 aliphatic heterocycles. The molecule has 0 spiro atoms. The van der Waals surface area contributed by atoms with Crippen molar-refractivity contribution in [3.05, 3.63) is 22.8 Å². The highest BCUT2D eigenvalue weighted by Gasteiger charge is 2.12. The molecule has 1 aromatic rings. The minimum Gasteiger partial charge on any atom is -0.455 e. The molecule has 0 saturated carbocycles. The monoisotopic (exact) mass is 676 g/mol. The fraction of sp³-hybridized carbons (Fsp3) is 0.167. The van der Waals surface area contributed by atoms with Crippen LogP contribution in [-0.2, 0) is 24.4 Å². The zero-order valence-electron chi connectivity index (χ0n) is 11.0. The van der Waals surface area contributed by atoms with Gasteiger partial charge in [0, 0.05) is 15.4 Å². The van der Waals surface area contributed by atoms with Gasteiger partial charge in [0.15, 0.2) is 5.75 Å². The van der Waals surface area contributed by atoms with E-state index < -0.39 is 34.4 Å². The second-order valence-corrected chi connectivity index (χ2v) is 8.90. The third-order valence-electron chi connectivity index (χ3n) is 2.00. The SMILES string of the molecule is O=C(C#CC(=O)Oc1c(I)cc(I)cc1I)OCCS(=O)(=O)O. The Hall–Kier alpha value is -0.180. The summed E-state index contributed by atoms with van der Waals surface area (Å²) in [5.74, 6) is 1.35. The normalized spacial score (nSPS) is 10.4. The first-order valence-electron chi connectivity index (χ1n) is 5.59. The highest BCUT2D eigenvalue weighted by atomic mass is 127. The van der Waals surface area contributed by atoms with Gasteiger partial charge in [-0.1, -0.05) is 0 Å². The fourth-order valence-corrected chi connectivity index (χ4v) is 5.22. The van der Waals surface area contributed by atoms with E-state index in [1.165, 1.54) is 0 Å². The van der Waals surface area contributed by atoms with Crippen molar-refractivity contribution in [1.29, 1.82) is 0 Å². The molecule has 0 bridgehead atoms. The largest absolute Gasteiger partial charge is 0.455 e. The molecule has 23 heavy (non-hydrogen) atoms. The van der Waals surface area contributed by atoms with Crippen LogP contribution in [0.4, 0.5) is 0 Å². The van der Waals surface area contributed by atoms with Gasteiger partial charge in [0.25, 0.3) is 10.1 Å². The Morgan fingerprint density at radius 3 is 2.13 bits per heavy atom. The number of carbonyl (C=O) groups excluding carboxylic acids is 2. The maximum Gasteiger partial charge on any atom is 0.390 e. The highest BCUT2D eigenvalue weighted by molar-refractivity contribution is 14.1. The third-order valence-corrected chi connectivity index (χ3v) is 4.91. The predicted molar refractivity (Wildman–Crippen MR) is 105 cm³/mol. The zero-order chi connectivity index (χ0) is 17.6. The lowest BCUT2D eigenvalue weighted by Gasteiger charge is -2.06. The number of ether oxygens (including phenoxy) is 2. The maximum absolute atomic E-state index is 11.6. The number of esters is 2. The van der Waals surface area contributed by atoms with Crippen molar-refractivity contribution in [1.82, 2.24) is 0 Å². The molecule has 0 aliphatic carbocycles. The second kappa shape index (κ2) is 9.34. The number of halogens is 3. The lowest BCUT2D eigenvalue weighted by atomic mass is 10.3. The summed E-state index contributed by atoms with van der Waals surface area (Å²) in [7, 11) is -4.22. The summed E-state index contributed by atoms with van der Waals surface area (Å²) in [6.07, 6.45) is 0. The molecular formula is C12H7I3O7S. The average Bonchev–Trinajstić information content (AvgIpc) is 2.39. The van der Waals surface area contributed by atoms with Gasteiger partial charge in [-0.3, -0.25) is 4.55 Å². The van der Waals surface area contributed by atoms with Crippen LogP contribution in [0, 0.1) is 22.6 Å². The Kier molecular flexibility index (Phi) is 8.47. The molecule has 1 rings (SSSR count). The van der Waals surface area contributed by atoms with Crippen LogP contribution in [0.5, 0.6) is 5.75 Å². The van der Waals surface area contributed by atoms with Crippen LogP contribution < -0.4 is 4.74 Å². The van der Waals surface area contributed by atoms with E-state index in [1.54, 1.807) is 0 Å². The van der Waals surface area contributed by atoms with Crippen LogP contribution in [0.15, 0.2) is 12.1 Å². The summed E-state index contributed by atoms with van der Waals surface area (Å²) in [5, 5.41) is 0. The van der Waals surface area contributed by atoms with Crippen molar-refractivity contribution >= 4 is 89.8 Å². The number of hydrogen-bond acceptors (Lipinski definition) is 6. The van der Waals surface area contributed by atoms with E-state index in [0.29, 0.717) is 12.9 Å². The number of carbonyl (C=O) groups is 2. The van der Waals surface area contributed by atoms with E-state index in [-0.39, 0.29) is 0 Å². The number of rotatable bonds is 4. The summed E-state index contributed by atoms with van der Waals surface area (Å²) in [4.78, 5) is 22.8. The molecule has 1 aromatic carbocycles. The number of hydrogen-bond donors (Lipinski definition) is 1. The molecule has 1 N–H and O–H groups in total. The molecule has 0 amide bonds. The standard InChI is InChI=1S/C12H7I3O7S/c13-7-5-8(14)12(9(15)6-7)22-11(17)2-1-10(16)21-3-4-23(18,19)20/h5-6H,3-4H2,(H,18,19,20). The van der Waals surface area contributed by atoms with E-state index in [9.17, 15) is 18.0 Å². The van der Waals surface area contributed by atoms with Crippen LogP contribution in [0.3, 0.4) is 0 Å². The van der Waals surface area contributed by atoms with Crippen molar-refractivity contribution in [2.45, 2.75) is 0 Å². The predicted octanol–water partition coefficient (Wildman–Crippen LogP) is 1.84. The molecule has 7 nitrogen and oxygen atoms in total. The quantitative estimate of drug-likeness (QED) is 0.130. The van der Waals surface area contributed by atoms with Gasteiger partial charge in [-0.2, -0.15) is 8.42 Å². The Morgan fingerprint density at radius 2 is 1.61 bits per heavy atom. The van der Waals surface area contributed by atoms with Crippen LogP contribution >= 0.6 is 67.8 Å². The van der Waals surface area contributed by atoms with Crippen molar-refractivity contribution in [3.63, 3.8) is 0 Å². The zero-order valence-corrected chi connectivity index (χ0v) is 18.3. The smallest absolute Gasteiger partial charge is 0.390 e. The molecule has 0 radical (unpaired) electrons. The molecule has 0 heterocycles. The Labute approximate surface area is 173 Å². The lowest BCUT2D eigenvalue weighted by Crippen LogP contribution is -2.14. The van der Waals surface area contributed by atoms with Gasteiger partial charge >= 0.3 is 11.9 Å². The van der Waals surface area contributed by atoms with Gasteiger partial charge < -0.3 is 9.47 Å². The first-order valence-corrected chi connectivity index (χ1v) is 10.4. The van der Waals surface area contributed by atoms with E-state index in [2.05, 4.69) is 27.3 Å². The Balaban J connectivity index is 2.63. The minimum absolute atomic E-state index is 0.339. The molecule has 0 aliphatic rings. The van der Waals surface area contributed by atoms with Crippen LogP contribution in [0.25, 0.3) is 0 Å². The second-order valence-electron chi connectivity index (χ2n) is 3.76. The summed E-state index contributed by atoms with van der Waals surface area (Å²) in [6, 6.07) is 3.62. The summed E-state index contributed by atoms with van der Waals surface area (Å²) in [6.45, 7) is -0.561. The molecule has 0 saturated heterocycles. The fourth-order valence-electron chi connectivity index (χ4n) is 1.12. The molecule has 0 fully saturated rings. The first kappa shape index (κ1) is 20.9.